The smallest absolute Gasteiger partial charge is 0.229 e. The average Bonchev–Trinajstić information content (AvgIpc) is 2.34. The number of amides is 1. The molecule has 1 amide bonds. The number of carbonyl (C=O) groups is 1. The van der Waals surface area contributed by atoms with E-state index >= 15 is 0 Å². The van der Waals surface area contributed by atoms with E-state index in [1.165, 1.54) is 18.2 Å². The van der Waals surface area contributed by atoms with E-state index in [2.05, 4.69) is 10.3 Å². The third-order valence-corrected chi connectivity index (χ3v) is 2.33. The van der Waals surface area contributed by atoms with Crippen LogP contribution in [0.5, 0.6) is 0 Å². The van der Waals surface area contributed by atoms with Crippen molar-refractivity contribution < 1.29 is 18.0 Å². The zero-order valence-corrected chi connectivity index (χ0v) is 9.66. The molecule has 0 aliphatic heterocycles. The molecule has 0 saturated carbocycles. The number of nitrogens with zero attached hydrogens (tertiary/aromatic N) is 1. The summed E-state index contributed by atoms with van der Waals surface area (Å²) in [6.07, 6.45) is -0.157. The van der Waals surface area contributed by atoms with Gasteiger partial charge in [-0.1, -0.05) is 12.1 Å². The molecule has 0 aliphatic carbocycles. The van der Waals surface area contributed by atoms with Gasteiger partial charge in [0.2, 0.25) is 11.9 Å². The minimum absolute atomic E-state index is 0.0626. The van der Waals surface area contributed by atoms with Gasteiger partial charge in [-0.2, -0.15) is 4.39 Å². The predicted molar refractivity (Wildman–Crippen MR) is 62.9 cm³/mol. The number of rotatable bonds is 3. The summed E-state index contributed by atoms with van der Waals surface area (Å²) in [5.74, 6) is -3.15. The molecule has 19 heavy (non-hydrogen) atoms. The first-order chi connectivity index (χ1) is 9.04. The predicted octanol–water partition coefficient (Wildman–Crippen LogP) is 2.68. The minimum Gasteiger partial charge on any atom is -0.310 e. The van der Waals surface area contributed by atoms with E-state index in [4.69, 9.17) is 0 Å². The molecule has 3 nitrogen and oxygen atoms in total. The van der Waals surface area contributed by atoms with Crippen LogP contribution < -0.4 is 5.32 Å². The molecule has 0 unspecified atom stereocenters. The van der Waals surface area contributed by atoms with Gasteiger partial charge in [0.1, 0.15) is 5.82 Å². The molecule has 0 spiro atoms. The fourth-order valence-corrected chi connectivity index (χ4v) is 1.50. The lowest BCUT2D eigenvalue weighted by Crippen LogP contribution is -2.15. The van der Waals surface area contributed by atoms with Crippen molar-refractivity contribution in [2.75, 3.05) is 5.32 Å². The molecule has 1 N–H and O–H groups in total. The standard InChI is InChI=1S/C13H9F3N2O/c14-9-5-4-8(6-10(9)15)7-13(19)18-12-3-1-2-11(16)17-12/h1-6H,7H2,(H,17,18,19). The number of benzene rings is 1. The summed E-state index contributed by atoms with van der Waals surface area (Å²) in [4.78, 5) is 15.1. The van der Waals surface area contributed by atoms with Crippen LogP contribution in [0.1, 0.15) is 5.56 Å². The maximum Gasteiger partial charge on any atom is 0.229 e. The van der Waals surface area contributed by atoms with Crippen LogP contribution in [0, 0.1) is 17.6 Å². The Morgan fingerprint density at radius 2 is 1.89 bits per heavy atom. The normalized spacial score (nSPS) is 10.3. The van der Waals surface area contributed by atoms with Crippen molar-refractivity contribution in [3.05, 3.63) is 59.5 Å². The molecule has 0 aliphatic rings. The lowest BCUT2D eigenvalue weighted by molar-refractivity contribution is -0.115. The highest BCUT2D eigenvalue weighted by atomic mass is 19.2. The second-order valence-corrected chi connectivity index (χ2v) is 3.82. The lowest BCUT2D eigenvalue weighted by atomic mass is 10.1. The number of carbonyl (C=O) groups excluding carboxylic acids is 1. The molecule has 0 bridgehead atoms. The highest BCUT2D eigenvalue weighted by Gasteiger charge is 2.08. The van der Waals surface area contributed by atoms with Crippen molar-refractivity contribution in [1.82, 2.24) is 4.98 Å². The first-order valence-electron chi connectivity index (χ1n) is 5.41. The number of anilines is 1. The highest BCUT2D eigenvalue weighted by molar-refractivity contribution is 5.91. The van der Waals surface area contributed by atoms with Gasteiger partial charge in [-0.15, -0.1) is 0 Å². The quantitative estimate of drug-likeness (QED) is 0.868. The van der Waals surface area contributed by atoms with Crippen molar-refractivity contribution in [3.63, 3.8) is 0 Å². The Kier molecular flexibility index (Phi) is 3.79. The van der Waals surface area contributed by atoms with E-state index in [1.807, 2.05) is 0 Å². The third-order valence-electron chi connectivity index (χ3n) is 2.33. The summed E-state index contributed by atoms with van der Waals surface area (Å²) in [6, 6.07) is 7.15. The summed E-state index contributed by atoms with van der Waals surface area (Å²) in [5, 5.41) is 2.36. The summed E-state index contributed by atoms with van der Waals surface area (Å²) in [6.45, 7) is 0. The maximum absolute atomic E-state index is 12.9. The molecular weight excluding hydrogens is 257 g/mol. The Bertz CT molecular complexity index is 617. The van der Waals surface area contributed by atoms with Crippen LogP contribution in [-0.2, 0) is 11.2 Å². The van der Waals surface area contributed by atoms with Crippen molar-refractivity contribution in [2.24, 2.45) is 0 Å². The van der Waals surface area contributed by atoms with Crippen molar-refractivity contribution in [1.29, 1.82) is 0 Å². The zero-order chi connectivity index (χ0) is 13.8. The molecule has 0 saturated heterocycles. The summed E-state index contributed by atoms with van der Waals surface area (Å²) in [5.41, 5.74) is 0.313. The van der Waals surface area contributed by atoms with E-state index in [-0.39, 0.29) is 12.2 Å². The van der Waals surface area contributed by atoms with E-state index in [0.717, 1.165) is 18.2 Å². The van der Waals surface area contributed by atoms with Gasteiger partial charge in [0.15, 0.2) is 11.6 Å². The highest BCUT2D eigenvalue weighted by Crippen LogP contribution is 2.10. The van der Waals surface area contributed by atoms with Gasteiger partial charge in [-0.25, -0.2) is 13.8 Å². The largest absolute Gasteiger partial charge is 0.310 e. The Labute approximate surface area is 107 Å². The van der Waals surface area contributed by atoms with Crippen LogP contribution >= 0.6 is 0 Å². The van der Waals surface area contributed by atoms with Gasteiger partial charge < -0.3 is 5.32 Å². The number of nitrogens with one attached hydrogen (secondary N) is 1. The number of pyridine rings is 1. The first kappa shape index (κ1) is 13.1. The number of halogens is 3. The van der Waals surface area contributed by atoms with Crippen LogP contribution in [0.4, 0.5) is 19.0 Å². The Morgan fingerprint density at radius 3 is 2.58 bits per heavy atom. The minimum atomic E-state index is -1.02. The van der Waals surface area contributed by atoms with Crippen LogP contribution in [0.25, 0.3) is 0 Å². The molecule has 2 rings (SSSR count). The van der Waals surface area contributed by atoms with Crippen LogP contribution in [0.15, 0.2) is 36.4 Å². The van der Waals surface area contributed by atoms with E-state index < -0.39 is 23.5 Å². The second kappa shape index (κ2) is 5.51. The summed E-state index contributed by atoms with van der Waals surface area (Å²) < 4.78 is 38.4. The van der Waals surface area contributed by atoms with Crippen molar-refractivity contribution in [3.8, 4) is 0 Å². The first-order valence-corrected chi connectivity index (χ1v) is 5.41. The summed E-state index contributed by atoms with van der Waals surface area (Å²) >= 11 is 0. The SMILES string of the molecule is O=C(Cc1ccc(F)c(F)c1)Nc1cccc(F)n1. The van der Waals surface area contributed by atoms with Crippen LogP contribution in [0.3, 0.4) is 0 Å². The van der Waals surface area contributed by atoms with Crippen LogP contribution in [-0.4, -0.2) is 10.9 Å². The zero-order valence-electron chi connectivity index (χ0n) is 9.66. The molecule has 2 aromatic rings. The topological polar surface area (TPSA) is 42.0 Å². The molecule has 98 valence electrons. The molecular formula is C13H9F3N2O. The second-order valence-electron chi connectivity index (χ2n) is 3.82. The lowest BCUT2D eigenvalue weighted by Gasteiger charge is -2.04. The molecule has 6 heteroatoms. The van der Waals surface area contributed by atoms with Crippen LogP contribution in [0.2, 0.25) is 0 Å². The molecule has 0 fully saturated rings. The van der Waals surface area contributed by atoms with Gasteiger partial charge in [-0.3, -0.25) is 4.79 Å². The average molecular weight is 266 g/mol. The fraction of sp³-hybridized carbons (Fsp3) is 0.0769. The van der Waals surface area contributed by atoms with Crippen molar-refractivity contribution >= 4 is 11.7 Å². The van der Waals surface area contributed by atoms with Gasteiger partial charge in [-0.05, 0) is 29.8 Å². The van der Waals surface area contributed by atoms with Gasteiger partial charge in [0.25, 0.3) is 0 Å². The molecule has 1 heterocycles. The van der Waals surface area contributed by atoms with Gasteiger partial charge in [0.05, 0.1) is 6.42 Å². The number of hydrogen-bond donors (Lipinski definition) is 1. The van der Waals surface area contributed by atoms with Crippen molar-refractivity contribution in [2.45, 2.75) is 6.42 Å². The maximum atomic E-state index is 12.9. The third kappa shape index (κ3) is 3.54. The van der Waals surface area contributed by atoms with E-state index in [0.29, 0.717) is 5.56 Å². The molecule has 1 aromatic heterocycles. The summed E-state index contributed by atoms with van der Waals surface area (Å²) in [7, 11) is 0. The number of aromatic nitrogens is 1. The van der Waals surface area contributed by atoms with E-state index in [9.17, 15) is 18.0 Å². The molecule has 0 radical (unpaired) electrons. The Balaban J connectivity index is 2.03. The Morgan fingerprint density at radius 1 is 1.11 bits per heavy atom. The monoisotopic (exact) mass is 266 g/mol. The Hall–Kier alpha value is -2.37. The van der Waals surface area contributed by atoms with Gasteiger partial charge >= 0.3 is 0 Å². The molecule has 0 atom stereocenters. The molecule has 1 aromatic carbocycles. The number of hydrogen-bond acceptors (Lipinski definition) is 2. The fourth-order valence-electron chi connectivity index (χ4n) is 1.50. The van der Waals surface area contributed by atoms with Gasteiger partial charge in [0, 0.05) is 0 Å². The van der Waals surface area contributed by atoms with E-state index in [1.54, 1.807) is 0 Å².